The molecule has 1 aromatic carbocycles. The van der Waals surface area contributed by atoms with Gasteiger partial charge in [0.05, 0.1) is 11.4 Å². The van der Waals surface area contributed by atoms with Gasteiger partial charge in [0.2, 0.25) is 15.9 Å². The van der Waals surface area contributed by atoms with Crippen LogP contribution in [0.25, 0.3) is 0 Å². The minimum Gasteiger partial charge on any atom is -0.349 e. The van der Waals surface area contributed by atoms with Gasteiger partial charge in [-0.2, -0.15) is 4.98 Å². The zero-order valence-electron chi connectivity index (χ0n) is 13.4. The summed E-state index contributed by atoms with van der Waals surface area (Å²) >= 11 is 0. The van der Waals surface area contributed by atoms with Gasteiger partial charge in [-0.1, -0.05) is 5.16 Å². The van der Waals surface area contributed by atoms with E-state index in [1.807, 2.05) is 0 Å². The van der Waals surface area contributed by atoms with Gasteiger partial charge >= 0.3 is 0 Å². The molecule has 1 amide bonds. The van der Waals surface area contributed by atoms with E-state index in [-0.39, 0.29) is 23.4 Å². The van der Waals surface area contributed by atoms with Crippen molar-refractivity contribution in [3.8, 4) is 0 Å². The third kappa shape index (κ3) is 3.88. The number of hydrogen-bond donors (Lipinski definition) is 2. The van der Waals surface area contributed by atoms with Crippen LogP contribution in [0.15, 0.2) is 33.7 Å². The lowest BCUT2D eigenvalue weighted by Crippen LogP contribution is -2.26. The molecule has 2 aromatic rings. The zero-order chi connectivity index (χ0) is 17.4. The molecule has 0 radical (unpaired) electrons. The van der Waals surface area contributed by atoms with E-state index in [9.17, 15) is 13.2 Å². The van der Waals surface area contributed by atoms with Gasteiger partial charge in [-0.05, 0) is 49.9 Å². The fraction of sp³-hybridized carbons (Fsp3) is 0.438. The van der Waals surface area contributed by atoms with E-state index in [4.69, 9.17) is 4.52 Å². The standard InChI is InChI=1S/C16H18N4O4S/c21-15(18-12-5-6-12)10-3-7-13(8-4-10)25(22,23)17-9-14-19-16(24-20-14)11-1-2-11/h3-4,7-8,11-12,17H,1-2,5-6,9H2,(H,18,21). The van der Waals surface area contributed by atoms with Gasteiger partial charge in [0, 0.05) is 17.5 Å². The normalized spacial score (nSPS) is 17.4. The van der Waals surface area contributed by atoms with E-state index in [0.717, 1.165) is 25.7 Å². The SMILES string of the molecule is O=C(NC1CC1)c1ccc(S(=O)(=O)NCc2noc(C3CC3)n2)cc1. The Hall–Kier alpha value is -2.26. The monoisotopic (exact) mass is 362 g/mol. The number of sulfonamides is 1. The largest absolute Gasteiger partial charge is 0.349 e. The molecule has 0 unspecified atom stereocenters. The van der Waals surface area contributed by atoms with E-state index in [1.54, 1.807) is 0 Å². The Balaban J connectivity index is 1.39. The lowest BCUT2D eigenvalue weighted by molar-refractivity contribution is 0.0951. The maximum atomic E-state index is 12.3. The average Bonchev–Trinajstić information content (AvgIpc) is 3.54. The summed E-state index contributed by atoms with van der Waals surface area (Å²) in [6.07, 6.45) is 4.07. The van der Waals surface area contributed by atoms with E-state index in [1.165, 1.54) is 24.3 Å². The van der Waals surface area contributed by atoms with Gasteiger partial charge in [-0.15, -0.1) is 0 Å². The van der Waals surface area contributed by atoms with Gasteiger partial charge in [-0.25, -0.2) is 13.1 Å². The third-order valence-electron chi connectivity index (χ3n) is 4.17. The maximum Gasteiger partial charge on any atom is 0.251 e. The number of rotatable bonds is 7. The highest BCUT2D eigenvalue weighted by Crippen LogP contribution is 2.38. The number of carbonyl (C=O) groups is 1. The third-order valence-corrected chi connectivity index (χ3v) is 5.59. The first-order chi connectivity index (χ1) is 12.0. The Kier molecular flexibility index (Phi) is 4.04. The molecule has 2 fully saturated rings. The van der Waals surface area contributed by atoms with Crippen molar-refractivity contribution in [1.29, 1.82) is 0 Å². The van der Waals surface area contributed by atoms with Crippen LogP contribution in [0.3, 0.4) is 0 Å². The molecule has 2 aliphatic rings. The van der Waals surface area contributed by atoms with Gasteiger partial charge in [-0.3, -0.25) is 4.79 Å². The van der Waals surface area contributed by atoms with Crippen LogP contribution in [-0.4, -0.2) is 30.5 Å². The molecule has 0 spiro atoms. The minimum absolute atomic E-state index is 0.0392. The highest BCUT2D eigenvalue weighted by atomic mass is 32.2. The fourth-order valence-corrected chi connectivity index (χ4v) is 3.34. The van der Waals surface area contributed by atoms with Crippen molar-refractivity contribution in [3.63, 3.8) is 0 Å². The molecule has 1 aromatic heterocycles. The quantitative estimate of drug-likeness (QED) is 0.768. The van der Waals surface area contributed by atoms with Crippen molar-refractivity contribution in [2.45, 2.75) is 49.1 Å². The molecule has 25 heavy (non-hydrogen) atoms. The molecule has 2 aliphatic carbocycles. The van der Waals surface area contributed by atoms with Crippen molar-refractivity contribution >= 4 is 15.9 Å². The van der Waals surface area contributed by atoms with Crippen LogP contribution in [0.2, 0.25) is 0 Å². The molecule has 4 rings (SSSR count). The molecule has 2 saturated carbocycles. The lowest BCUT2D eigenvalue weighted by atomic mass is 10.2. The molecule has 132 valence electrons. The molecule has 1 heterocycles. The molecule has 8 nitrogen and oxygen atoms in total. The van der Waals surface area contributed by atoms with Crippen LogP contribution in [-0.2, 0) is 16.6 Å². The molecule has 0 atom stereocenters. The van der Waals surface area contributed by atoms with Gasteiger partial charge in [0.1, 0.15) is 0 Å². The van der Waals surface area contributed by atoms with Crippen molar-refractivity contribution < 1.29 is 17.7 Å². The van der Waals surface area contributed by atoms with Crippen LogP contribution in [0.1, 0.15) is 53.7 Å². The highest BCUT2D eigenvalue weighted by Gasteiger charge is 2.29. The molecule has 2 N–H and O–H groups in total. The number of hydrogen-bond acceptors (Lipinski definition) is 6. The average molecular weight is 362 g/mol. The Morgan fingerprint density at radius 2 is 1.88 bits per heavy atom. The maximum absolute atomic E-state index is 12.3. The number of amides is 1. The first-order valence-corrected chi connectivity index (χ1v) is 9.73. The molecule has 0 bridgehead atoms. The Labute approximate surface area is 145 Å². The molecule has 9 heteroatoms. The van der Waals surface area contributed by atoms with Crippen molar-refractivity contribution in [1.82, 2.24) is 20.2 Å². The topological polar surface area (TPSA) is 114 Å². The number of nitrogens with zero attached hydrogens (tertiary/aromatic N) is 2. The predicted octanol–water partition coefficient (Wildman–Crippen LogP) is 1.32. The van der Waals surface area contributed by atoms with Crippen molar-refractivity contribution in [2.75, 3.05) is 0 Å². The molecular weight excluding hydrogens is 344 g/mol. The van der Waals surface area contributed by atoms with Crippen LogP contribution in [0.5, 0.6) is 0 Å². The number of nitrogens with one attached hydrogen (secondary N) is 2. The minimum atomic E-state index is -3.71. The van der Waals surface area contributed by atoms with Gasteiger partial charge in [0.15, 0.2) is 5.82 Å². The van der Waals surface area contributed by atoms with E-state index < -0.39 is 10.0 Å². The van der Waals surface area contributed by atoms with Crippen LogP contribution in [0, 0.1) is 0 Å². The summed E-state index contributed by atoms with van der Waals surface area (Å²) in [6.45, 7) is -0.0392. The Morgan fingerprint density at radius 1 is 1.16 bits per heavy atom. The van der Waals surface area contributed by atoms with Gasteiger partial charge < -0.3 is 9.84 Å². The van der Waals surface area contributed by atoms with Crippen LogP contribution >= 0.6 is 0 Å². The zero-order valence-corrected chi connectivity index (χ0v) is 14.3. The van der Waals surface area contributed by atoms with Gasteiger partial charge in [0.25, 0.3) is 5.91 Å². The summed E-state index contributed by atoms with van der Waals surface area (Å²) in [6, 6.07) is 6.09. The van der Waals surface area contributed by atoms with Crippen molar-refractivity contribution in [2.24, 2.45) is 0 Å². The van der Waals surface area contributed by atoms with Crippen molar-refractivity contribution in [3.05, 3.63) is 41.5 Å². The fourth-order valence-electron chi connectivity index (χ4n) is 2.36. The van der Waals surface area contributed by atoms with Crippen LogP contribution in [0.4, 0.5) is 0 Å². The van der Waals surface area contributed by atoms with E-state index in [2.05, 4.69) is 20.2 Å². The molecule has 0 aliphatic heterocycles. The summed E-state index contributed by atoms with van der Waals surface area (Å²) in [5.74, 6) is 1.03. The smallest absolute Gasteiger partial charge is 0.251 e. The summed E-state index contributed by atoms with van der Waals surface area (Å²) in [7, 11) is -3.71. The second-order valence-corrected chi connectivity index (χ2v) is 8.19. The first-order valence-electron chi connectivity index (χ1n) is 8.24. The predicted molar refractivity (Wildman–Crippen MR) is 87.2 cm³/mol. The molecular formula is C16H18N4O4S. The lowest BCUT2D eigenvalue weighted by Gasteiger charge is -2.07. The second kappa shape index (κ2) is 6.23. The summed E-state index contributed by atoms with van der Waals surface area (Å²) in [5, 5.41) is 6.64. The Bertz CT molecular complexity index is 883. The summed E-state index contributed by atoms with van der Waals surface area (Å²) in [5.41, 5.74) is 0.443. The van der Waals surface area contributed by atoms with E-state index in [0.29, 0.717) is 23.2 Å². The summed E-state index contributed by atoms with van der Waals surface area (Å²) in [4.78, 5) is 16.2. The van der Waals surface area contributed by atoms with Crippen LogP contribution < -0.4 is 10.0 Å². The molecule has 0 saturated heterocycles. The Morgan fingerprint density at radius 3 is 2.52 bits per heavy atom. The number of benzene rings is 1. The highest BCUT2D eigenvalue weighted by molar-refractivity contribution is 7.89. The number of carbonyl (C=O) groups excluding carboxylic acids is 1. The number of aromatic nitrogens is 2. The summed E-state index contributed by atoms with van der Waals surface area (Å²) < 4.78 is 32.2. The second-order valence-electron chi connectivity index (χ2n) is 6.42. The van der Waals surface area contributed by atoms with E-state index >= 15 is 0 Å². The first kappa shape index (κ1) is 16.2.